The minimum absolute atomic E-state index is 0.133. The molecule has 92 valence electrons. The first-order valence-corrected chi connectivity index (χ1v) is 5.87. The third-order valence-corrected chi connectivity index (χ3v) is 3.06. The van der Waals surface area contributed by atoms with Gasteiger partial charge in [-0.2, -0.15) is 0 Å². The quantitative estimate of drug-likeness (QED) is 0.728. The Morgan fingerprint density at radius 3 is 2.28 bits per heavy atom. The van der Waals surface area contributed by atoms with Gasteiger partial charge in [-0.1, -0.05) is 35.9 Å². The van der Waals surface area contributed by atoms with Crippen molar-refractivity contribution in [1.29, 1.82) is 0 Å². The zero-order valence-corrected chi connectivity index (χ0v) is 10.8. The molecule has 2 rings (SSSR count). The zero-order chi connectivity index (χ0) is 13.3. The van der Waals surface area contributed by atoms with Gasteiger partial charge in [-0.15, -0.1) is 0 Å². The van der Waals surface area contributed by atoms with E-state index in [2.05, 4.69) is 0 Å². The van der Waals surface area contributed by atoms with E-state index in [9.17, 15) is 9.18 Å². The Balaban J connectivity index is 2.44. The van der Waals surface area contributed by atoms with Crippen LogP contribution in [0.1, 0.15) is 32.6 Å². The SMILES string of the molecule is Cc1ccc(C(=O)c2ccc(C)c(F)c2)c(C)c1. The van der Waals surface area contributed by atoms with Gasteiger partial charge in [0.15, 0.2) is 5.78 Å². The average molecular weight is 242 g/mol. The molecule has 0 bridgehead atoms. The molecule has 0 radical (unpaired) electrons. The van der Waals surface area contributed by atoms with Crippen molar-refractivity contribution < 1.29 is 9.18 Å². The van der Waals surface area contributed by atoms with Crippen molar-refractivity contribution in [2.75, 3.05) is 0 Å². The van der Waals surface area contributed by atoms with Crippen LogP contribution in [0.15, 0.2) is 36.4 Å². The molecule has 0 unspecified atom stereocenters. The molecule has 0 aliphatic heterocycles. The summed E-state index contributed by atoms with van der Waals surface area (Å²) in [5.74, 6) is -0.475. The Hall–Kier alpha value is -1.96. The molecule has 2 heteroatoms. The number of ketones is 1. The summed E-state index contributed by atoms with van der Waals surface area (Å²) < 4.78 is 13.5. The maximum Gasteiger partial charge on any atom is 0.193 e. The van der Waals surface area contributed by atoms with E-state index in [4.69, 9.17) is 0 Å². The third kappa shape index (κ3) is 2.33. The number of halogens is 1. The van der Waals surface area contributed by atoms with Gasteiger partial charge in [0.1, 0.15) is 5.82 Å². The van der Waals surface area contributed by atoms with Crippen LogP contribution in [0.25, 0.3) is 0 Å². The smallest absolute Gasteiger partial charge is 0.193 e. The van der Waals surface area contributed by atoms with Crippen LogP contribution in [0.2, 0.25) is 0 Å². The molecule has 0 fully saturated rings. The van der Waals surface area contributed by atoms with E-state index in [-0.39, 0.29) is 11.6 Å². The lowest BCUT2D eigenvalue weighted by Gasteiger charge is -2.07. The normalized spacial score (nSPS) is 10.4. The molecule has 0 heterocycles. The predicted octanol–water partition coefficient (Wildman–Crippen LogP) is 3.98. The Morgan fingerprint density at radius 2 is 1.67 bits per heavy atom. The molecule has 0 aliphatic rings. The average Bonchev–Trinajstić information content (AvgIpc) is 2.32. The fourth-order valence-corrected chi connectivity index (χ4v) is 1.96. The van der Waals surface area contributed by atoms with Crippen LogP contribution in [0.4, 0.5) is 4.39 Å². The first-order valence-electron chi connectivity index (χ1n) is 5.87. The molecule has 0 atom stereocenters. The molecule has 0 amide bonds. The molecule has 0 spiro atoms. The fourth-order valence-electron chi connectivity index (χ4n) is 1.96. The standard InChI is InChI=1S/C16H15FO/c1-10-4-7-14(12(3)8-10)16(18)13-6-5-11(2)15(17)9-13/h4-9H,1-3H3. The van der Waals surface area contributed by atoms with Crippen molar-refractivity contribution in [3.05, 3.63) is 70.0 Å². The Labute approximate surface area is 106 Å². The maximum atomic E-state index is 13.5. The summed E-state index contributed by atoms with van der Waals surface area (Å²) >= 11 is 0. The van der Waals surface area contributed by atoms with Gasteiger partial charge in [0.05, 0.1) is 0 Å². The van der Waals surface area contributed by atoms with Gasteiger partial charge in [-0.3, -0.25) is 4.79 Å². The summed E-state index contributed by atoms with van der Waals surface area (Å²) in [5, 5.41) is 0. The molecule has 0 saturated heterocycles. The lowest BCUT2D eigenvalue weighted by atomic mass is 9.97. The number of aryl methyl sites for hydroxylation is 3. The molecule has 0 aromatic heterocycles. The second kappa shape index (κ2) is 4.73. The summed E-state index contributed by atoms with van der Waals surface area (Å²) in [6, 6.07) is 10.2. The van der Waals surface area contributed by atoms with Crippen molar-refractivity contribution in [1.82, 2.24) is 0 Å². The van der Waals surface area contributed by atoms with Gasteiger partial charge in [0.25, 0.3) is 0 Å². The second-order valence-electron chi connectivity index (χ2n) is 4.61. The predicted molar refractivity (Wildman–Crippen MR) is 70.5 cm³/mol. The molecule has 2 aromatic carbocycles. The Bertz CT molecular complexity index is 614. The minimum atomic E-state index is -0.342. The maximum absolute atomic E-state index is 13.5. The Kier molecular flexibility index (Phi) is 3.28. The summed E-state index contributed by atoms with van der Waals surface area (Å²) in [4.78, 5) is 12.3. The van der Waals surface area contributed by atoms with Gasteiger partial charge < -0.3 is 0 Å². The largest absolute Gasteiger partial charge is 0.289 e. The van der Waals surface area contributed by atoms with Gasteiger partial charge in [-0.25, -0.2) is 4.39 Å². The van der Waals surface area contributed by atoms with Crippen molar-refractivity contribution in [3.8, 4) is 0 Å². The molecular weight excluding hydrogens is 227 g/mol. The van der Waals surface area contributed by atoms with E-state index >= 15 is 0 Å². The van der Waals surface area contributed by atoms with E-state index in [1.807, 2.05) is 26.0 Å². The van der Waals surface area contributed by atoms with E-state index in [0.717, 1.165) is 11.1 Å². The monoisotopic (exact) mass is 242 g/mol. The summed E-state index contributed by atoms with van der Waals surface area (Å²) in [7, 11) is 0. The number of carbonyl (C=O) groups is 1. The Morgan fingerprint density at radius 1 is 0.944 bits per heavy atom. The first-order chi connectivity index (χ1) is 8.49. The van der Waals surface area contributed by atoms with Crippen LogP contribution >= 0.6 is 0 Å². The number of carbonyl (C=O) groups excluding carboxylic acids is 1. The molecule has 1 nitrogen and oxygen atoms in total. The minimum Gasteiger partial charge on any atom is -0.289 e. The van der Waals surface area contributed by atoms with Gasteiger partial charge >= 0.3 is 0 Å². The van der Waals surface area contributed by atoms with Crippen molar-refractivity contribution >= 4 is 5.78 Å². The van der Waals surface area contributed by atoms with Crippen LogP contribution < -0.4 is 0 Å². The topological polar surface area (TPSA) is 17.1 Å². The highest BCUT2D eigenvalue weighted by atomic mass is 19.1. The van der Waals surface area contributed by atoms with E-state index < -0.39 is 0 Å². The molecular formula is C16H15FO. The highest BCUT2D eigenvalue weighted by Gasteiger charge is 2.13. The molecule has 0 saturated carbocycles. The number of hydrogen-bond donors (Lipinski definition) is 0. The van der Waals surface area contributed by atoms with Crippen molar-refractivity contribution in [2.24, 2.45) is 0 Å². The number of hydrogen-bond acceptors (Lipinski definition) is 1. The van der Waals surface area contributed by atoms with Crippen LogP contribution in [0.3, 0.4) is 0 Å². The lowest BCUT2D eigenvalue weighted by Crippen LogP contribution is -2.04. The van der Waals surface area contributed by atoms with Crippen molar-refractivity contribution in [3.63, 3.8) is 0 Å². The van der Waals surface area contributed by atoms with E-state index in [1.54, 1.807) is 25.1 Å². The van der Waals surface area contributed by atoms with Gasteiger partial charge in [-0.05, 0) is 38.0 Å². The van der Waals surface area contributed by atoms with Gasteiger partial charge in [0.2, 0.25) is 0 Å². The summed E-state index contributed by atoms with van der Waals surface area (Å²) in [5.41, 5.74) is 3.60. The zero-order valence-electron chi connectivity index (χ0n) is 10.8. The number of benzene rings is 2. The van der Waals surface area contributed by atoms with Crippen LogP contribution in [-0.4, -0.2) is 5.78 Å². The van der Waals surface area contributed by atoms with E-state index in [1.165, 1.54) is 6.07 Å². The van der Waals surface area contributed by atoms with Crippen LogP contribution in [-0.2, 0) is 0 Å². The summed E-state index contributed by atoms with van der Waals surface area (Å²) in [6.07, 6.45) is 0. The number of rotatable bonds is 2. The van der Waals surface area contributed by atoms with Crippen LogP contribution in [0.5, 0.6) is 0 Å². The highest BCUT2D eigenvalue weighted by Crippen LogP contribution is 2.17. The summed E-state index contributed by atoms with van der Waals surface area (Å²) in [6.45, 7) is 5.55. The third-order valence-electron chi connectivity index (χ3n) is 3.06. The second-order valence-corrected chi connectivity index (χ2v) is 4.61. The molecule has 2 aromatic rings. The van der Waals surface area contributed by atoms with Gasteiger partial charge in [0, 0.05) is 11.1 Å². The molecule has 0 N–H and O–H groups in total. The molecule has 0 aliphatic carbocycles. The van der Waals surface area contributed by atoms with Crippen molar-refractivity contribution in [2.45, 2.75) is 20.8 Å². The first kappa shape index (κ1) is 12.5. The lowest BCUT2D eigenvalue weighted by molar-refractivity contribution is 0.103. The van der Waals surface area contributed by atoms with Crippen LogP contribution in [0, 0.1) is 26.6 Å². The van der Waals surface area contributed by atoms with E-state index in [0.29, 0.717) is 16.7 Å². The molecule has 18 heavy (non-hydrogen) atoms. The fraction of sp³-hybridized carbons (Fsp3) is 0.188. The highest BCUT2D eigenvalue weighted by molar-refractivity contribution is 6.09.